The van der Waals surface area contributed by atoms with E-state index in [1.807, 2.05) is 0 Å². The number of likely N-dealkylation sites (tertiary alicyclic amines) is 1. The summed E-state index contributed by atoms with van der Waals surface area (Å²) in [6.07, 6.45) is 1.48. The normalized spacial score (nSPS) is 21.9. The van der Waals surface area contributed by atoms with Crippen molar-refractivity contribution in [3.8, 4) is 0 Å². The fourth-order valence-corrected chi connectivity index (χ4v) is 4.99. The van der Waals surface area contributed by atoms with Crippen LogP contribution in [0.15, 0.2) is 60.7 Å². The van der Waals surface area contributed by atoms with Gasteiger partial charge in [0.05, 0.1) is 0 Å². The highest BCUT2D eigenvalue weighted by Crippen LogP contribution is 2.40. The van der Waals surface area contributed by atoms with Crippen LogP contribution in [0, 0.1) is 0 Å². The number of likely N-dealkylation sites (N-methyl/N-ethyl adjacent to an activating group) is 1. The molecule has 2 aromatic rings. The van der Waals surface area contributed by atoms with E-state index in [2.05, 4.69) is 89.3 Å². The van der Waals surface area contributed by atoms with Crippen LogP contribution >= 0.6 is 0 Å². The van der Waals surface area contributed by atoms with Crippen molar-refractivity contribution in [2.75, 3.05) is 46.3 Å². The minimum Gasteiger partial charge on any atom is -0.340 e. The maximum atomic E-state index is 12.9. The van der Waals surface area contributed by atoms with E-state index in [0.717, 1.165) is 45.7 Å². The maximum absolute atomic E-state index is 12.9. The second kappa shape index (κ2) is 8.68. The van der Waals surface area contributed by atoms with Gasteiger partial charge in [-0.25, -0.2) is 0 Å². The van der Waals surface area contributed by atoms with Crippen molar-refractivity contribution in [1.29, 1.82) is 0 Å². The average Bonchev–Trinajstić information content (AvgIpc) is 2.77. The lowest BCUT2D eigenvalue weighted by molar-refractivity contribution is -0.136. The van der Waals surface area contributed by atoms with Gasteiger partial charge in [-0.05, 0) is 31.5 Å². The summed E-state index contributed by atoms with van der Waals surface area (Å²) >= 11 is 0. The molecule has 2 aliphatic heterocycles. The van der Waals surface area contributed by atoms with Gasteiger partial charge in [0, 0.05) is 57.1 Å². The summed E-state index contributed by atoms with van der Waals surface area (Å²) in [4.78, 5) is 20.0. The summed E-state index contributed by atoms with van der Waals surface area (Å²) in [5.74, 6) is 0.300. The molecule has 2 saturated heterocycles. The van der Waals surface area contributed by atoms with E-state index in [0.29, 0.717) is 18.4 Å². The van der Waals surface area contributed by atoms with E-state index in [9.17, 15) is 4.79 Å². The van der Waals surface area contributed by atoms with Crippen molar-refractivity contribution in [3.05, 3.63) is 71.8 Å². The van der Waals surface area contributed by atoms with Gasteiger partial charge in [-0.15, -0.1) is 0 Å². The summed E-state index contributed by atoms with van der Waals surface area (Å²) in [7, 11) is 2.18. The highest BCUT2D eigenvalue weighted by atomic mass is 16.2. The number of rotatable bonds is 5. The van der Waals surface area contributed by atoms with Crippen molar-refractivity contribution in [2.45, 2.75) is 31.2 Å². The van der Waals surface area contributed by atoms with Crippen molar-refractivity contribution in [3.63, 3.8) is 0 Å². The van der Waals surface area contributed by atoms with Gasteiger partial charge >= 0.3 is 0 Å². The topological polar surface area (TPSA) is 26.8 Å². The molecule has 2 heterocycles. The van der Waals surface area contributed by atoms with Crippen LogP contribution in [0.3, 0.4) is 0 Å². The zero-order valence-electron chi connectivity index (χ0n) is 17.8. The van der Waals surface area contributed by atoms with Crippen LogP contribution in [-0.4, -0.2) is 73.0 Å². The highest BCUT2D eigenvalue weighted by molar-refractivity contribution is 5.78. The first-order valence-electron chi connectivity index (χ1n) is 10.9. The average molecular weight is 392 g/mol. The van der Waals surface area contributed by atoms with Crippen molar-refractivity contribution < 1.29 is 4.79 Å². The Morgan fingerprint density at radius 1 is 0.897 bits per heavy atom. The molecule has 0 spiro atoms. The molecule has 1 atom stereocenters. The molecule has 0 radical (unpaired) electrons. The maximum Gasteiger partial charge on any atom is 0.222 e. The number of nitrogens with zero attached hydrogens (tertiary/aromatic N) is 3. The summed E-state index contributed by atoms with van der Waals surface area (Å²) < 4.78 is 0. The van der Waals surface area contributed by atoms with Crippen LogP contribution < -0.4 is 0 Å². The third-order valence-corrected chi connectivity index (χ3v) is 6.88. The second-order valence-electron chi connectivity index (χ2n) is 8.78. The molecule has 0 saturated carbocycles. The van der Waals surface area contributed by atoms with Crippen molar-refractivity contribution >= 4 is 5.91 Å². The van der Waals surface area contributed by atoms with Crippen LogP contribution in [0.1, 0.15) is 30.9 Å². The summed E-state index contributed by atoms with van der Waals surface area (Å²) in [6, 6.07) is 21.9. The fourth-order valence-electron chi connectivity index (χ4n) is 4.99. The summed E-state index contributed by atoms with van der Waals surface area (Å²) in [5.41, 5.74) is 2.50. The Morgan fingerprint density at radius 3 is 2.00 bits per heavy atom. The molecule has 0 aliphatic carbocycles. The standard InChI is InChI=1S/C25H33N3O/c1-21(27-17-15-26(2)16-18-27)19-28-20-25(14-13-24(28)29,22-9-5-3-6-10-22)23-11-7-4-8-12-23/h3-12,21H,13-20H2,1-2H3/t21-/m1/s1. The summed E-state index contributed by atoms with van der Waals surface area (Å²) in [5, 5.41) is 0. The van der Waals surface area contributed by atoms with Gasteiger partial charge in [0.25, 0.3) is 0 Å². The first-order chi connectivity index (χ1) is 14.1. The molecule has 2 aromatic carbocycles. The Bertz CT molecular complexity index is 760. The van der Waals surface area contributed by atoms with E-state index >= 15 is 0 Å². The molecule has 0 aromatic heterocycles. The largest absolute Gasteiger partial charge is 0.340 e. The van der Waals surface area contributed by atoms with Crippen LogP contribution in [0.5, 0.6) is 0 Å². The van der Waals surface area contributed by atoms with Gasteiger partial charge in [-0.2, -0.15) is 0 Å². The number of amides is 1. The molecule has 0 bridgehead atoms. The minimum absolute atomic E-state index is 0.127. The smallest absolute Gasteiger partial charge is 0.222 e. The van der Waals surface area contributed by atoms with Gasteiger partial charge in [0.2, 0.25) is 5.91 Å². The van der Waals surface area contributed by atoms with E-state index in [1.54, 1.807) is 0 Å². The Hall–Kier alpha value is -2.17. The van der Waals surface area contributed by atoms with E-state index in [1.165, 1.54) is 11.1 Å². The molecule has 4 heteroatoms. The number of benzene rings is 2. The Morgan fingerprint density at radius 2 is 1.45 bits per heavy atom. The number of hydrogen-bond donors (Lipinski definition) is 0. The lowest BCUT2D eigenvalue weighted by Gasteiger charge is -2.46. The zero-order valence-corrected chi connectivity index (χ0v) is 17.8. The van der Waals surface area contributed by atoms with Crippen molar-refractivity contribution in [2.24, 2.45) is 0 Å². The molecular formula is C25H33N3O. The first-order valence-corrected chi connectivity index (χ1v) is 10.9. The Labute approximate surface area is 175 Å². The predicted octanol–water partition coefficient (Wildman–Crippen LogP) is 3.23. The van der Waals surface area contributed by atoms with Gasteiger partial charge in [0.15, 0.2) is 0 Å². The Balaban J connectivity index is 1.58. The molecular weight excluding hydrogens is 358 g/mol. The van der Waals surface area contributed by atoms with Crippen LogP contribution in [0.25, 0.3) is 0 Å². The SMILES string of the molecule is C[C@H](CN1CC(c2ccccc2)(c2ccccc2)CCC1=O)N1CCN(C)CC1. The van der Waals surface area contributed by atoms with E-state index in [4.69, 9.17) is 0 Å². The fraction of sp³-hybridized carbons (Fsp3) is 0.480. The van der Waals surface area contributed by atoms with E-state index in [-0.39, 0.29) is 5.41 Å². The molecule has 2 fully saturated rings. The molecule has 4 nitrogen and oxygen atoms in total. The first kappa shape index (κ1) is 20.1. The van der Waals surface area contributed by atoms with Gasteiger partial charge in [-0.3, -0.25) is 9.69 Å². The Kier molecular flexibility index (Phi) is 6.02. The third-order valence-electron chi connectivity index (χ3n) is 6.88. The molecule has 4 rings (SSSR count). The number of carbonyl (C=O) groups is 1. The number of piperidine rings is 1. The molecule has 154 valence electrons. The van der Waals surface area contributed by atoms with Crippen LogP contribution in [0.2, 0.25) is 0 Å². The third kappa shape index (κ3) is 4.24. The lowest BCUT2D eigenvalue weighted by atomic mass is 9.69. The second-order valence-corrected chi connectivity index (χ2v) is 8.78. The van der Waals surface area contributed by atoms with Crippen LogP contribution in [-0.2, 0) is 10.2 Å². The molecule has 0 N–H and O–H groups in total. The minimum atomic E-state index is -0.127. The number of piperazine rings is 1. The molecule has 2 aliphatic rings. The number of carbonyl (C=O) groups excluding carboxylic acids is 1. The highest BCUT2D eigenvalue weighted by Gasteiger charge is 2.42. The molecule has 1 amide bonds. The van der Waals surface area contributed by atoms with Crippen molar-refractivity contribution in [1.82, 2.24) is 14.7 Å². The zero-order chi connectivity index (χ0) is 20.3. The molecule has 29 heavy (non-hydrogen) atoms. The monoisotopic (exact) mass is 391 g/mol. The predicted molar refractivity (Wildman–Crippen MR) is 118 cm³/mol. The van der Waals surface area contributed by atoms with Gasteiger partial charge in [0.1, 0.15) is 0 Å². The lowest BCUT2D eigenvalue weighted by Crippen LogP contribution is -2.55. The van der Waals surface area contributed by atoms with Crippen LogP contribution in [0.4, 0.5) is 0 Å². The van der Waals surface area contributed by atoms with E-state index < -0.39 is 0 Å². The quantitative estimate of drug-likeness (QED) is 0.783. The number of hydrogen-bond acceptors (Lipinski definition) is 3. The van der Waals surface area contributed by atoms with Gasteiger partial charge < -0.3 is 9.80 Å². The summed E-state index contributed by atoms with van der Waals surface area (Å²) in [6.45, 7) is 8.23. The van der Waals surface area contributed by atoms with Gasteiger partial charge in [-0.1, -0.05) is 60.7 Å². The molecule has 0 unspecified atom stereocenters.